The van der Waals surface area contributed by atoms with E-state index in [4.69, 9.17) is 23.2 Å². The third-order valence-electron chi connectivity index (χ3n) is 2.96. The molecule has 3 rings (SSSR count). The van der Waals surface area contributed by atoms with Gasteiger partial charge in [-0.2, -0.15) is 0 Å². The van der Waals surface area contributed by atoms with Gasteiger partial charge >= 0.3 is 0 Å². The summed E-state index contributed by atoms with van der Waals surface area (Å²) < 4.78 is 0. The highest BCUT2D eigenvalue weighted by atomic mass is 35.5. The van der Waals surface area contributed by atoms with Crippen molar-refractivity contribution in [1.29, 1.82) is 0 Å². The summed E-state index contributed by atoms with van der Waals surface area (Å²) in [5, 5.41) is 3.83. The first kappa shape index (κ1) is 15.1. The number of thiazole rings is 1. The largest absolute Gasteiger partial charge is 0.340 e. The van der Waals surface area contributed by atoms with Crippen molar-refractivity contribution in [1.82, 2.24) is 9.97 Å². The molecule has 3 aromatic rings. The molecular weight excluding hydrogens is 341 g/mol. The van der Waals surface area contributed by atoms with E-state index in [-0.39, 0.29) is 11.1 Å². The maximum atomic E-state index is 12.1. The zero-order valence-corrected chi connectivity index (χ0v) is 13.6. The fraction of sp³-hybridized carbons (Fsp3) is 0.0667. The van der Waals surface area contributed by atoms with Gasteiger partial charge in [-0.25, -0.2) is 4.98 Å². The van der Waals surface area contributed by atoms with E-state index in [0.717, 1.165) is 11.3 Å². The molecule has 0 aliphatic rings. The van der Waals surface area contributed by atoms with Gasteiger partial charge < -0.3 is 4.98 Å². The minimum absolute atomic E-state index is 0.246. The number of hydrogen-bond donors (Lipinski definition) is 2. The molecule has 0 unspecified atom stereocenters. The van der Waals surface area contributed by atoms with E-state index in [9.17, 15) is 4.79 Å². The van der Waals surface area contributed by atoms with Gasteiger partial charge in [-0.1, -0.05) is 53.5 Å². The molecule has 112 valence electrons. The molecule has 0 atom stereocenters. The summed E-state index contributed by atoms with van der Waals surface area (Å²) in [6.45, 7) is 0. The number of amides is 1. The molecular formula is C15H11Cl2N3OS. The Morgan fingerprint density at radius 2 is 2.05 bits per heavy atom. The van der Waals surface area contributed by atoms with Gasteiger partial charge in [0.25, 0.3) is 5.91 Å². The molecule has 0 radical (unpaired) electrons. The number of benzene rings is 1. The maximum absolute atomic E-state index is 12.1. The number of aromatic amines is 1. The van der Waals surface area contributed by atoms with E-state index in [1.807, 2.05) is 18.2 Å². The molecule has 2 aromatic heterocycles. The van der Waals surface area contributed by atoms with Crippen molar-refractivity contribution in [2.45, 2.75) is 6.42 Å². The van der Waals surface area contributed by atoms with Gasteiger partial charge in [0, 0.05) is 17.5 Å². The van der Waals surface area contributed by atoms with Crippen LogP contribution in [0, 0.1) is 0 Å². The lowest BCUT2D eigenvalue weighted by atomic mass is 10.1. The summed E-state index contributed by atoms with van der Waals surface area (Å²) in [5.74, 6) is -0.325. The number of H-pyrrole nitrogens is 1. The second kappa shape index (κ2) is 6.52. The van der Waals surface area contributed by atoms with Crippen molar-refractivity contribution < 1.29 is 4.79 Å². The zero-order chi connectivity index (χ0) is 15.5. The fourth-order valence-electron chi connectivity index (χ4n) is 1.93. The highest BCUT2D eigenvalue weighted by Crippen LogP contribution is 2.24. The molecule has 1 amide bonds. The van der Waals surface area contributed by atoms with Gasteiger partial charge in [0.05, 0.1) is 5.02 Å². The molecule has 1 aromatic carbocycles. The minimum Gasteiger partial charge on any atom is -0.340 e. The summed E-state index contributed by atoms with van der Waals surface area (Å²) in [6.07, 6.45) is 2.55. The van der Waals surface area contributed by atoms with Crippen LogP contribution in [0.15, 0.2) is 42.6 Å². The number of nitrogens with one attached hydrogen (secondary N) is 2. The number of anilines is 1. The third-order valence-corrected chi connectivity index (χ3v) is 4.57. The number of aromatic nitrogens is 2. The molecule has 22 heavy (non-hydrogen) atoms. The van der Waals surface area contributed by atoms with Gasteiger partial charge in [-0.05, 0) is 11.6 Å². The van der Waals surface area contributed by atoms with Crippen LogP contribution in [0.2, 0.25) is 10.2 Å². The van der Waals surface area contributed by atoms with Crippen molar-refractivity contribution in [2.24, 2.45) is 0 Å². The molecule has 4 nitrogen and oxygen atoms in total. The van der Waals surface area contributed by atoms with Crippen LogP contribution in [0.5, 0.6) is 0 Å². The number of carbonyl (C=O) groups excluding carboxylic acids is 1. The molecule has 0 fully saturated rings. The van der Waals surface area contributed by atoms with E-state index in [1.54, 1.807) is 6.20 Å². The van der Waals surface area contributed by atoms with Gasteiger partial charge in [0.1, 0.15) is 10.8 Å². The van der Waals surface area contributed by atoms with E-state index < -0.39 is 0 Å². The second-order valence-corrected chi connectivity index (χ2v) is 6.49. The monoisotopic (exact) mass is 351 g/mol. The van der Waals surface area contributed by atoms with E-state index in [2.05, 4.69) is 27.4 Å². The van der Waals surface area contributed by atoms with Crippen molar-refractivity contribution in [3.05, 3.63) is 68.9 Å². The molecule has 7 heteroatoms. The summed E-state index contributed by atoms with van der Waals surface area (Å²) in [7, 11) is 0. The Bertz CT molecular complexity index is 779. The van der Waals surface area contributed by atoms with Crippen LogP contribution in [0.3, 0.4) is 0 Å². The number of hydrogen-bond acceptors (Lipinski definition) is 3. The van der Waals surface area contributed by atoms with Gasteiger partial charge in [-0.15, -0.1) is 11.3 Å². The SMILES string of the molecule is O=C(Nc1ncc(Cc2ccccc2)s1)c1cc(Cl)c(Cl)[nH]1. The highest BCUT2D eigenvalue weighted by Gasteiger charge is 2.13. The fourth-order valence-corrected chi connectivity index (χ4v) is 3.09. The van der Waals surface area contributed by atoms with Gasteiger partial charge in [-0.3, -0.25) is 10.1 Å². The topological polar surface area (TPSA) is 57.8 Å². The predicted molar refractivity (Wildman–Crippen MR) is 90.1 cm³/mol. The first-order valence-corrected chi connectivity index (χ1v) is 8.03. The van der Waals surface area contributed by atoms with Gasteiger partial charge in [0.2, 0.25) is 0 Å². The van der Waals surface area contributed by atoms with Crippen molar-refractivity contribution in [3.63, 3.8) is 0 Å². The van der Waals surface area contributed by atoms with Crippen LogP contribution in [-0.2, 0) is 6.42 Å². The maximum Gasteiger partial charge on any atom is 0.273 e. The third kappa shape index (κ3) is 3.50. The van der Waals surface area contributed by atoms with Crippen LogP contribution in [0.4, 0.5) is 5.13 Å². The van der Waals surface area contributed by atoms with Crippen LogP contribution >= 0.6 is 34.5 Å². The van der Waals surface area contributed by atoms with Gasteiger partial charge in [0.15, 0.2) is 5.13 Å². The molecule has 0 spiro atoms. The van der Waals surface area contributed by atoms with Crippen molar-refractivity contribution >= 4 is 45.6 Å². The van der Waals surface area contributed by atoms with E-state index >= 15 is 0 Å². The molecule has 0 aliphatic carbocycles. The lowest BCUT2D eigenvalue weighted by Crippen LogP contribution is -2.11. The van der Waals surface area contributed by atoms with E-state index in [0.29, 0.717) is 15.8 Å². The summed E-state index contributed by atoms with van der Waals surface area (Å²) in [5.41, 5.74) is 1.50. The molecule has 2 heterocycles. The van der Waals surface area contributed by atoms with Crippen LogP contribution in [0.25, 0.3) is 0 Å². The predicted octanol–water partition coefficient (Wildman–Crippen LogP) is 4.62. The Kier molecular flexibility index (Phi) is 4.47. The average Bonchev–Trinajstić information content (AvgIpc) is 3.07. The Labute approximate surface area is 141 Å². The Hall–Kier alpha value is -1.82. The Morgan fingerprint density at radius 1 is 1.27 bits per heavy atom. The van der Waals surface area contributed by atoms with E-state index in [1.165, 1.54) is 23.0 Å². The number of rotatable bonds is 4. The highest BCUT2D eigenvalue weighted by molar-refractivity contribution is 7.15. The Morgan fingerprint density at radius 3 is 2.73 bits per heavy atom. The number of carbonyl (C=O) groups is 1. The lowest BCUT2D eigenvalue weighted by molar-refractivity contribution is 0.102. The van der Waals surface area contributed by atoms with Crippen LogP contribution in [-0.4, -0.2) is 15.9 Å². The zero-order valence-electron chi connectivity index (χ0n) is 11.3. The van der Waals surface area contributed by atoms with Crippen LogP contribution in [0.1, 0.15) is 20.9 Å². The second-order valence-electron chi connectivity index (χ2n) is 4.59. The Balaban J connectivity index is 1.68. The summed E-state index contributed by atoms with van der Waals surface area (Å²) in [4.78, 5) is 20.1. The first-order chi connectivity index (χ1) is 10.6. The summed E-state index contributed by atoms with van der Waals surface area (Å²) >= 11 is 13.0. The average molecular weight is 352 g/mol. The van der Waals surface area contributed by atoms with Crippen molar-refractivity contribution in [3.8, 4) is 0 Å². The normalized spacial score (nSPS) is 10.6. The molecule has 2 N–H and O–H groups in total. The smallest absolute Gasteiger partial charge is 0.273 e. The van der Waals surface area contributed by atoms with Crippen LogP contribution < -0.4 is 5.32 Å². The summed E-state index contributed by atoms with van der Waals surface area (Å²) in [6, 6.07) is 11.6. The quantitative estimate of drug-likeness (QED) is 0.720. The minimum atomic E-state index is -0.325. The molecule has 0 saturated carbocycles. The standard InChI is InChI=1S/C15H11Cl2N3OS/c16-11-7-12(19-13(11)17)14(21)20-15-18-8-10(22-15)6-9-4-2-1-3-5-9/h1-5,7-8,19H,6H2,(H,18,20,21). The molecule has 0 aliphatic heterocycles. The number of halogens is 2. The first-order valence-electron chi connectivity index (χ1n) is 6.46. The number of nitrogens with zero attached hydrogens (tertiary/aromatic N) is 1. The molecule has 0 saturated heterocycles. The van der Waals surface area contributed by atoms with Crippen molar-refractivity contribution in [2.75, 3.05) is 5.32 Å². The molecule has 0 bridgehead atoms. The lowest BCUT2D eigenvalue weighted by Gasteiger charge is -1.98.